The van der Waals surface area contributed by atoms with Gasteiger partial charge in [-0.3, -0.25) is 0 Å². The van der Waals surface area contributed by atoms with Crippen molar-refractivity contribution in [1.29, 1.82) is 0 Å². The first-order valence-electron chi connectivity index (χ1n) is 35.6. The van der Waals surface area contributed by atoms with Crippen molar-refractivity contribution >= 4 is 32.7 Å². The molecule has 0 fully saturated rings. The lowest BCUT2D eigenvalue weighted by atomic mass is 9.57. The van der Waals surface area contributed by atoms with Crippen LogP contribution in [0.2, 0.25) is 0 Å². The van der Waals surface area contributed by atoms with Crippen LogP contribution >= 0.6 is 0 Å². The van der Waals surface area contributed by atoms with Crippen molar-refractivity contribution in [2.75, 3.05) is 0 Å². The number of nitrogens with zero attached hydrogens (tertiary/aromatic N) is 1. The Morgan fingerprint density at radius 2 is 1.32 bits per heavy atom. The van der Waals surface area contributed by atoms with Crippen LogP contribution in [0.25, 0.3) is 54.9 Å². The largest absolute Gasteiger partial charge is 0.338 e. The molecule has 0 bridgehead atoms. The summed E-state index contributed by atoms with van der Waals surface area (Å²) in [5.41, 5.74) is 29.7. The van der Waals surface area contributed by atoms with Crippen LogP contribution in [0, 0.1) is 19.3 Å². The number of allylic oxidation sites excluding steroid dienone is 20. The van der Waals surface area contributed by atoms with Crippen LogP contribution in [-0.2, 0) is 12.8 Å². The molecule has 1 nitrogen and oxygen atoms in total. The van der Waals surface area contributed by atoms with Gasteiger partial charge in [0.15, 0.2) is 0 Å². The van der Waals surface area contributed by atoms with Crippen molar-refractivity contribution in [3.05, 3.63) is 309 Å². The maximum absolute atomic E-state index is 5.05. The molecule has 2 unspecified atom stereocenters. The van der Waals surface area contributed by atoms with Gasteiger partial charge in [0.2, 0.25) is 0 Å². The summed E-state index contributed by atoms with van der Waals surface area (Å²) >= 11 is 0. The maximum Gasteiger partial charge on any atom is 0.0581 e. The van der Waals surface area contributed by atoms with Crippen molar-refractivity contribution in [3.63, 3.8) is 0 Å². The first kappa shape index (κ1) is 65.2. The van der Waals surface area contributed by atoms with Crippen LogP contribution in [0.5, 0.6) is 0 Å². The van der Waals surface area contributed by atoms with Gasteiger partial charge in [-0.2, -0.15) is 0 Å². The number of hydrogen-bond donors (Lipinski definition) is 0. The number of aryl methyl sites for hydroxylation is 2. The molecule has 0 aliphatic heterocycles. The highest BCUT2D eigenvalue weighted by Gasteiger charge is 2.45. The van der Waals surface area contributed by atoms with Crippen LogP contribution in [0.3, 0.4) is 0 Å². The second-order valence-electron chi connectivity index (χ2n) is 26.0. The number of hydrogen-bond acceptors (Lipinski definition) is 1. The minimum absolute atomic E-state index is 0.225. The Morgan fingerprint density at radius 3 is 2.07 bits per heavy atom. The van der Waals surface area contributed by atoms with E-state index in [1.54, 1.807) is 22.3 Å². The van der Waals surface area contributed by atoms with Gasteiger partial charge in [-0.15, -0.1) is 0 Å². The van der Waals surface area contributed by atoms with Crippen LogP contribution in [0.4, 0.5) is 0 Å². The molecule has 92 heavy (non-hydrogen) atoms. The van der Waals surface area contributed by atoms with Gasteiger partial charge in [0.25, 0.3) is 0 Å². The molecule has 7 aliphatic carbocycles. The summed E-state index contributed by atoms with van der Waals surface area (Å²) in [5.74, 6) is 0. The van der Waals surface area contributed by atoms with E-state index in [0.717, 1.165) is 77.0 Å². The topological polar surface area (TPSA) is 3.24 Å². The van der Waals surface area contributed by atoms with E-state index >= 15 is 0 Å². The summed E-state index contributed by atoms with van der Waals surface area (Å²) in [4.78, 5) is 2.74. The smallest absolute Gasteiger partial charge is 0.0581 e. The third-order valence-corrected chi connectivity index (χ3v) is 20.5. The lowest BCUT2D eigenvalue weighted by Gasteiger charge is -2.47. The Balaban J connectivity index is 0.000000420. The van der Waals surface area contributed by atoms with Crippen molar-refractivity contribution < 1.29 is 0 Å². The minimum atomic E-state index is -0.225. The van der Waals surface area contributed by atoms with Crippen LogP contribution in [0.15, 0.2) is 270 Å². The van der Waals surface area contributed by atoms with E-state index in [1.807, 2.05) is 27.7 Å². The second kappa shape index (κ2) is 30.9. The van der Waals surface area contributed by atoms with Crippen LogP contribution < -0.4 is 0 Å². The van der Waals surface area contributed by atoms with Gasteiger partial charge in [-0.1, -0.05) is 265 Å². The number of unbranched alkanes of at least 4 members (excludes halogenated alkanes) is 1. The molecular formula is C91H101N. The van der Waals surface area contributed by atoms with Crippen molar-refractivity contribution in [1.82, 2.24) is 4.90 Å². The molecule has 7 aromatic carbocycles. The zero-order valence-corrected chi connectivity index (χ0v) is 57.0. The van der Waals surface area contributed by atoms with E-state index in [9.17, 15) is 0 Å². The zero-order chi connectivity index (χ0) is 64.0. The van der Waals surface area contributed by atoms with Gasteiger partial charge in [0, 0.05) is 11.4 Å². The molecular weight excluding hydrogens is 1110 g/mol. The first-order chi connectivity index (χ1) is 45.3. The molecule has 2 atom stereocenters. The fourth-order valence-electron chi connectivity index (χ4n) is 16.0. The van der Waals surface area contributed by atoms with Gasteiger partial charge in [0.1, 0.15) is 0 Å². The van der Waals surface area contributed by atoms with Crippen LogP contribution in [-0.4, -0.2) is 10.9 Å². The molecule has 0 spiro atoms. The van der Waals surface area contributed by atoms with E-state index in [0.29, 0.717) is 0 Å². The third-order valence-electron chi connectivity index (χ3n) is 20.5. The predicted octanol–water partition coefficient (Wildman–Crippen LogP) is 26.1. The van der Waals surface area contributed by atoms with Crippen molar-refractivity contribution in [2.24, 2.45) is 5.41 Å². The molecule has 0 heterocycles. The van der Waals surface area contributed by atoms with Gasteiger partial charge >= 0.3 is 0 Å². The van der Waals surface area contributed by atoms with Crippen LogP contribution in [0.1, 0.15) is 190 Å². The molecule has 0 amide bonds. The molecule has 1 heteroatoms. The predicted molar refractivity (Wildman–Crippen MR) is 402 cm³/mol. The molecule has 0 aromatic heterocycles. The summed E-state index contributed by atoms with van der Waals surface area (Å²) < 4.78 is 0. The Kier molecular flexibility index (Phi) is 21.9. The lowest BCUT2D eigenvalue weighted by molar-refractivity contribution is 0.351. The fraction of sp³-hybridized carbons (Fsp3) is 0.319. The summed E-state index contributed by atoms with van der Waals surface area (Å²) in [6.45, 7) is 22.1. The Morgan fingerprint density at radius 1 is 0.565 bits per heavy atom. The highest BCUT2D eigenvalue weighted by molar-refractivity contribution is 5.98. The summed E-state index contributed by atoms with van der Waals surface area (Å²) in [7, 11) is 0. The molecule has 7 aromatic rings. The monoisotopic (exact) mass is 1210 g/mol. The number of fused-ring (bicyclic) bond motifs is 3. The summed E-state index contributed by atoms with van der Waals surface area (Å²) in [6.07, 6.45) is 53.2. The molecule has 0 radical (unpaired) electrons. The lowest BCUT2D eigenvalue weighted by Crippen LogP contribution is -2.36. The SMILES string of the molecule is C=C1CC/C=C\CC2=C(CCC(N(C3=CCCC(c4ccc(-c5ccccc5C)c(-c5ccc6ccccc6c5Cc5c(C)ccc6ccccc56)c4)=C3)C3C=CC=CC3)=C2)C1(C1=CCCC=C1)C1=CCCCC1.CC.CC.CCCCC1=C(C)Cc2ccccc21. The average Bonchev–Trinajstić information content (AvgIpc) is 0.787. The fourth-order valence-corrected chi connectivity index (χ4v) is 16.0. The summed E-state index contributed by atoms with van der Waals surface area (Å²) in [6, 6.07) is 52.7. The number of rotatable bonds is 13. The van der Waals surface area contributed by atoms with Crippen molar-refractivity contribution in [3.8, 4) is 22.3 Å². The Hall–Kier alpha value is -8.26. The zero-order valence-electron chi connectivity index (χ0n) is 57.0. The third kappa shape index (κ3) is 13.6. The highest BCUT2D eigenvalue weighted by atomic mass is 15.2. The van der Waals surface area contributed by atoms with E-state index in [2.05, 4.69) is 251 Å². The van der Waals surface area contributed by atoms with E-state index in [4.69, 9.17) is 6.58 Å². The summed E-state index contributed by atoms with van der Waals surface area (Å²) in [5, 5.41) is 5.24. The average molecular weight is 1210 g/mol. The Bertz CT molecular complexity index is 4190. The molecule has 0 N–H and O–H groups in total. The quantitative estimate of drug-likeness (QED) is 0.104. The standard InChI is InChI=1S/C73H71N.C14H18.2C2H6/c1-51-23-16-19-36-64(51)67-45-42-57(49-70(67)68-44-41-55-26-18-21-38-66(55)71(68)50-69-52(2)39-40-54-25-17-20-37-65(54)69)56-28-22-35-62(47-56)74(61-33-14-7-15-34-61)63-43-46-72-58(48-63)27-9-4-8-24-53(3)73(72,59-29-10-5-11-30-59)60-31-12-6-13-32-60;1-3-4-8-13-11(2)10-12-7-5-6-9-14(12)13;2*1-2/h4,7,9-10,14-21,23,25-26,29-31,33,35-42,44-45,47-49,61H,3,5-6,8,11-13,22,24,27-28,32,34,43,46,50H2,1-2H3;5-7,9H,3-4,8,10H2,1-2H3;2*1-2H3/b9-4-;;;. The molecule has 470 valence electrons. The molecule has 0 saturated carbocycles. The maximum atomic E-state index is 5.05. The van der Waals surface area contributed by atoms with Gasteiger partial charge in [-0.05, 0) is 265 Å². The van der Waals surface area contributed by atoms with Crippen molar-refractivity contribution in [2.45, 2.75) is 183 Å². The second-order valence-corrected chi connectivity index (χ2v) is 26.0. The van der Waals surface area contributed by atoms with E-state index in [-0.39, 0.29) is 11.5 Å². The van der Waals surface area contributed by atoms with Gasteiger partial charge in [0.05, 0.1) is 11.5 Å². The first-order valence-corrected chi connectivity index (χ1v) is 35.6. The Labute approximate surface area is 554 Å². The van der Waals surface area contributed by atoms with Gasteiger partial charge in [-0.25, -0.2) is 0 Å². The molecule has 14 rings (SSSR count). The highest BCUT2D eigenvalue weighted by Crippen LogP contribution is 2.58. The van der Waals surface area contributed by atoms with E-state index in [1.165, 1.54) is 161 Å². The molecule has 7 aliphatic rings. The number of benzene rings is 7. The minimum Gasteiger partial charge on any atom is -0.338 e. The van der Waals surface area contributed by atoms with Gasteiger partial charge < -0.3 is 4.90 Å². The normalized spacial score (nSPS) is 19.6. The van der Waals surface area contributed by atoms with E-state index < -0.39 is 0 Å². The molecule has 0 saturated heterocycles.